The smallest absolute Gasteiger partial charge is 0.180 e. The van der Waals surface area contributed by atoms with Crippen LogP contribution in [0.2, 0.25) is 0 Å². The summed E-state index contributed by atoms with van der Waals surface area (Å²) in [6, 6.07) is 45.0. The van der Waals surface area contributed by atoms with Gasteiger partial charge in [-0.05, 0) is 79.8 Å². The van der Waals surface area contributed by atoms with Crippen molar-refractivity contribution in [2.75, 3.05) is 0 Å². The van der Waals surface area contributed by atoms with Crippen LogP contribution in [0, 0.1) is 0 Å². The number of fused-ring (bicyclic) bond motifs is 7. The number of benzene rings is 5. The Balaban J connectivity index is 1.39. The molecule has 0 radical (unpaired) electrons. The molecule has 8 aromatic rings. The number of aromatic nitrogens is 4. The monoisotopic (exact) mass is 584 g/mol. The summed E-state index contributed by atoms with van der Waals surface area (Å²) in [6.45, 7) is 0. The van der Waals surface area contributed by atoms with Gasteiger partial charge in [-0.25, -0.2) is 15.0 Å². The molecule has 0 bridgehead atoms. The molecule has 1 aliphatic rings. The van der Waals surface area contributed by atoms with E-state index in [1.807, 2.05) is 12.1 Å². The summed E-state index contributed by atoms with van der Waals surface area (Å²) < 4.78 is 2.43. The van der Waals surface area contributed by atoms with Crippen LogP contribution in [0.25, 0.3) is 66.3 Å². The summed E-state index contributed by atoms with van der Waals surface area (Å²) in [7, 11) is -0.892. The van der Waals surface area contributed by atoms with E-state index in [0.717, 1.165) is 41.2 Å². The van der Waals surface area contributed by atoms with Crippen LogP contribution in [0.4, 0.5) is 0 Å². The quantitative estimate of drug-likeness (QED) is 0.207. The van der Waals surface area contributed by atoms with Gasteiger partial charge in [-0.15, -0.1) is 0 Å². The summed E-state index contributed by atoms with van der Waals surface area (Å²) >= 11 is 0. The molecule has 9 rings (SSSR count). The van der Waals surface area contributed by atoms with Crippen LogP contribution >= 0.6 is 7.53 Å². The number of rotatable bonds is 4. The first-order valence-corrected chi connectivity index (χ1v) is 16.7. The predicted molar refractivity (Wildman–Crippen MR) is 183 cm³/mol. The number of hydrogen-bond acceptors (Lipinski definition) is 3. The second-order valence-electron chi connectivity index (χ2n) is 11.5. The Morgan fingerprint density at radius 3 is 1.84 bits per heavy atom. The Morgan fingerprint density at radius 2 is 1.14 bits per heavy atom. The van der Waals surface area contributed by atoms with Gasteiger partial charge in [0.05, 0.1) is 11.0 Å². The van der Waals surface area contributed by atoms with Gasteiger partial charge in [0, 0.05) is 32.7 Å². The third kappa shape index (κ3) is 3.95. The van der Waals surface area contributed by atoms with Crippen molar-refractivity contribution in [2.24, 2.45) is 0 Å². The average molecular weight is 585 g/mol. The maximum Gasteiger partial charge on any atom is 0.180 e. The van der Waals surface area contributed by atoms with E-state index in [0.29, 0.717) is 0 Å². The Labute approximate surface area is 256 Å². The van der Waals surface area contributed by atoms with Gasteiger partial charge in [0.25, 0.3) is 0 Å². The highest BCUT2D eigenvalue weighted by Crippen LogP contribution is 2.57. The molecule has 1 atom stereocenters. The average Bonchev–Trinajstić information content (AvgIpc) is 3.62. The lowest BCUT2D eigenvalue weighted by atomic mass is 9.94. The van der Waals surface area contributed by atoms with Crippen molar-refractivity contribution >= 4 is 39.8 Å². The largest absolute Gasteiger partial charge is 0.309 e. The fraction of sp³-hybridized carbons (Fsp3) is 0.103. The SMILES string of the molecule is c1ccc(-c2nc(-c3ccccc3)nc(-p3c4c(c5c6c7ccccc7n(-c7ccccc7)c6ccc53)CCCC4)n2)cc1. The number of para-hydroxylation sites is 2. The topological polar surface area (TPSA) is 43.6 Å². The molecular weight excluding hydrogens is 555 g/mol. The van der Waals surface area contributed by atoms with E-state index < -0.39 is 7.53 Å². The van der Waals surface area contributed by atoms with Crippen LogP contribution in [0.1, 0.15) is 23.7 Å². The first-order chi connectivity index (χ1) is 21.8. The van der Waals surface area contributed by atoms with Crippen molar-refractivity contribution in [1.29, 1.82) is 0 Å². The molecular formula is C39H29N4P. The minimum absolute atomic E-state index is 0.741. The fourth-order valence-electron chi connectivity index (χ4n) is 7.07. The molecule has 0 aliphatic heterocycles. The first-order valence-electron chi connectivity index (χ1n) is 15.4. The molecule has 5 aromatic carbocycles. The third-order valence-corrected chi connectivity index (χ3v) is 11.5. The standard InChI is InChI=1S/C39H29N4P/c1-4-14-26(15-5-1)37-40-38(27-16-6-2-7-17-27)42-39(41-37)44-33-23-13-11-21-30(33)36-34(44)25-24-32-35(36)29-20-10-12-22-31(29)43(32)28-18-8-3-9-19-28/h1-10,12,14-20,22,24-25H,11,13,21,23H2. The minimum atomic E-state index is -0.892. The van der Waals surface area contributed by atoms with Crippen molar-refractivity contribution < 1.29 is 0 Å². The molecule has 4 nitrogen and oxygen atoms in total. The van der Waals surface area contributed by atoms with Gasteiger partial charge < -0.3 is 4.57 Å². The zero-order valence-corrected chi connectivity index (χ0v) is 25.1. The zero-order chi connectivity index (χ0) is 29.0. The van der Waals surface area contributed by atoms with Crippen molar-refractivity contribution in [3.8, 4) is 34.0 Å². The minimum Gasteiger partial charge on any atom is -0.309 e. The predicted octanol–water partition coefficient (Wildman–Crippen LogP) is 10.3. The molecule has 210 valence electrons. The molecule has 0 spiro atoms. The van der Waals surface area contributed by atoms with E-state index in [4.69, 9.17) is 15.0 Å². The van der Waals surface area contributed by atoms with Gasteiger partial charge in [0.2, 0.25) is 0 Å². The molecule has 0 saturated heterocycles. The van der Waals surface area contributed by atoms with E-state index in [9.17, 15) is 0 Å². The zero-order valence-electron chi connectivity index (χ0n) is 24.2. The highest BCUT2D eigenvalue weighted by molar-refractivity contribution is 7.63. The highest BCUT2D eigenvalue weighted by Gasteiger charge is 2.27. The fourth-order valence-corrected chi connectivity index (χ4v) is 9.78. The molecule has 1 aliphatic carbocycles. The number of nitrogens with zero attached hydrogens (tertiary/aromatic N) is 4. The van der Waals surface area contributed by atoms with Crippen LogP contribution < -0.4 is 0 Å². The number of hydrogen-bond donors (Lipinski definition) is 0. The van der Waals surface area contributed by atoms with E-state index in [1.54, 1.807) is 5.30 Å². The lowest BCUT2D eigenvalue weighted by Crippen LogP contribution is -2.00. The number of aryl methyl sites for hydroxylation is 1. The summed E-state index contributed by atoms with van der Waals surface area (Å²) in [6.07, 6.45) is 4.63. The van der Waals surface area contributed by atoms with E-state index in [2.05, 4.69) is 120 Å². The maximum absolute atomic E-state index is 5.26. The van der Waals surface area contributed by atoms with Gasteiger partial charge in [0.1, 0.15) is 0 Å². The van der Waals surface area contributed by atoms with Crippen molar-refractivity contribution in [2.45, 2.75) is 25.7 Å². The Hall–Kier alpha value is -5.05. The van der Waals surface area contributed by atoms with Gasteiger partial charge in [-0.3, -0.25) is 0 Å². The van der Waals surface area contributed by atoms with Crippen LogP contribution in [0.5, 0.6) is 0 Å². The van der Waals surface area contributed by atoms with Crippen molar-refractivity contribution in [3.63, 3.8) is 0 Å². The summed E-state index contributed by atoms with van der Waals surface area (Å²) in [4.78, 5) is 15.5. The summed E-state index contributed by atoms with van der Waals surface area (Å²) in [5, 5.41) is 7.04. The molecule has 0 amide bonds. The Kier molecular flexibility index (Phi) is 5.95. The molecule has 44 heavy (non-hydrogen) atoms. The van der Waals surface area contributed by atoms with Crippen LogP contribution in [-0.4, -0.2) is 19.5 Å². The molecule has 3 heterocycles. The molecule has 0 saturated carbocycles. The normalized spacial score (nSPS) is 13.5. The van der Waals surface area contributed by atoms with E-state index in [1.165, 1.54) is 56.4 Å². The Bertz CT molecular complexity index is 2260. The van der Waals surface area contributed by atoms with Gasteiger partial charge in [-0.2, -0.15) is 0 Å². The van der Waals surface area contributed by atoms with Crippen molar-refractivity contribution in [3.05, 3.63) is 138 Å². The summed E-state index contributed by atoms with van der Waals surface area (Å²) in [5.41, 5.74) is 8.16. The van der Waals surface area contributed by atoms with Crippen molar-refractivity contribution in [1.82, 2.24) is 19.5 Å². The molecule has 5 heteroatoms. The molecule has 1 unspecified atom stereocenters. The molecule has 0 fully saturated rings. The second-order valence-corrected chi connectivity index (χ2v) is 13.6. The molecule has 3 aromatic heterocycles. The third-order valence-electron chi connectivity index (χ3n) is 8.97. The summed E-state index contributed by atoms with van der Waals surface area (Å²) in [5.74, 6) is 1.48. The van der Waals surface area contributed by atoms with Gasteiger partial charge in [-0.1, -0.05) is 97.1 Å². The lowest BCUT2D eigenvalue weighted by molar-refractivity contribution is 0.700. The Morgan fingerprint density at radius 1 is 0.523 bits per heavy atom. The van der Waals surface area contributed by atoms with Crippen LogP contribution in [0.3, 0.4) is 0 Å². The molecule has 0 N–H and O–H groups in total. The van der Waals surface area contributed by atoms with Crippen LogP contribution in [-0.2, 0) is 12.8 Å². The highest BCUT2D eigenvalue weighted by atomic mass is 31.1. The first kappa shape index (κ1) is 25.4. The van der Waals surface area contributed by atoms with E-state index in [-0.39, 0.29) is 0 Å². The van der Waals surface area contributed by atoms with Gasteiger partial charge >= 0.3 is 0 Å². The maximum atomic E-state index is 5.26. The lowest BCUT2D eigenvalue weighted by Gasteiger charge is -2.15. The van der Waals surface area contributed by atoms with Gasteiger partial charge in [0.15, 0.2) is 17.2 Å². The van der Waals surface area contributed by atoms with E-state index >= 15 is 0 Å². The van der Waals surface area contributed by atoms with Crippen LogP contribution in [0.15, 0.2) is 127 Å². The second kappa shape index (κ2) is 10.3.